The quantitative estimate of drug-likeness (QED) is 0.128. The Labute approximate surface area is 335 Å². The third-order valence-electron chi connectivity index (χ3n) is 12.0. The van der Waals surface area contributed by atoms with Crippen LogP contribution in [0.5, 0.6) is 0 Å². The molecule has 55 heavy (non-hydrogen) atoms. The molecule has 0 fully saturated rings. The molecule has 3 aliphatic rings. The highest BCUT2D eigenvalue weighted by Gasteiger charge is 2.35. The molecule has 7 aromatic rings. The first-order chi connectivity index (χ1) is 26.5. The van der Waals surface area contributed by atoms with Crippen molar-refractivity contribution in [1.82, 2.24) is 0 Å². The largest absolute Gasteiger partial charge is 0.172 e. The maximum absolute atomic E-state index is 2.54. The maximum atomic E-state index is 2.54. The zero-order chi connectivity index (χ0) is 37.6. The summed E-state index contributed by atoms with van der Waals surface area (Å²) in [6.07, 6.45) is 9.80. The molecule has 1 aliphatic carbocycles. The maximum Gasteiger partial charge on any atom is 0.172 e. The highest BCUT2D eigenvalue weighted by Crippen LogP contribution is 2.54. The molecule has 2 aliphatic heterocycles. The van der Waals surface area contributed by atoms with Gasteiger partial charge in [0.1, 0.15) is 0 Å². The molecule has 0 saturated heterocycles. The van der Waals surface area contributed by atoms with Crippen molar-refractivity contribution < 1.29 is 0 Å². The van der Waals surface area contributed by atoms with Gasteiger partial charge in [0, 0.05) is 19.6 Å². The minimum atomic E-state index is 0.0873. The van der Waals surface area contributed by atoms with Crippen molar-refractivity contribution in [3.8, 4) is 22.3 Å². The van der Waals surface area contributed by atoms with Crippen LogP contribution in [0.3, 0.4) is 0 Å². The van der Waals surface area contributed by atoms with Gasteiger partial charge in [-0.25, -0.2) is 0 Å². The van der Waals surface area contributed by atoms with E-state index in [1.165, 1.54) is 102 Å². The zero-order valence-electron chi connectivity index (χ0n) is 32.6. The lowest BCUT2D eigenvalue weighted by Gasteiger charge is -2.31. The van der Waals surface area contributed by atoms with Crippen LogP contribution in [0.1, 0.15) is 80.7 Å². The Hall–Kier alpha value is -4.70. The third kappa shape index (κ3) is 5.94. The standard InChI is InChI=1S/C52H45BS2/c1-51(2,3)35-22-24-43-41(29-35)50-49-45(54-43)27-34(28-46(49)55-44-25-23-36(52(4,5)6)30-42(44)53-50)48-39-18-12-10-16-37(39)47(38-17-11-13-19-40(38)48)33-21-20-31-14-8-7-9-15-32(31)26-33/h7-13,15-30,50,53H,14H2,1-6H3. The van der Waals surface area contributed by atoms with E-state index in [-0.39, 0.29) is 10.8 Å². The fourth-order valence-corrected chi connectivity index (χ4v) is 11.5. The first kappa shape index (κ1) is 34.8. The molecular weight excluding hydrogens is 700 g/mol. The van der Waals surface area contributed by atoms with Crippen LogP contribution in [0.25, 0.3) is 49.9 Å². The predicted octanol–water partition coefficient (Wildman–Crippen LogP) is 13.8. The van der Waals surface area contributed by atoms with Gasteiger partial charge in [-0.05, 0) is 131 Å². The molecule has 0 aromatic heterocycles. The summed E-state index contributed by atoms with van der Waals surface area (Å²) in [5.41, 5.74) is 15.3. The zero-order valence-corrected chi connectivity index (χ0v) is 34.2. The van der Waals surface area contributed by atoms with E-state index in [1.54, 1.807) is 0 Å². The summed E-state index contributed by atoms with van der Waals surface area (Å²) in [5, 5.41) is 5.20. The van der Waals surface area contributed by atoms with E-state index in [4.69, 9.17) is 0 Å². The fraction of sp³-hybridized carbons (Fsp3) is 0.192. The van der Waals surface area contributed by atoms with Crippen molar-refractivity contribution in [1.29, 1.82) is 0 Å². The second-order valence-electron chi connectivity index (χ2n) is 17.7. The molecule has 3 heteroatoms. The SMILES string of the molecule is CC(C)(C)c1ccc2c(c1)BC1c3cc(C(C)(C)C)ccc3Sc3cc(-c4c5ccccc5c(-c5ccc6c(c5)C=CC=CC6)c5ccccc45)cc(c31)S2. The smallest absolute Gasteiger partial charge is 0.0903 e. The fourth-order valence-electron chi connectivity index (χ4n) is 9.04. The molecule has 0 saturated carbocycles. The minimum absolute atomic E-state index is 0.0873. The van der Waals surface area contributed by atoms with E-state index in [9.17, 15) is 0 Å². The minimum Gasteiger partial charge on any atom is -0.0903 e. The van der Waals surface area contributed by atoms with Crippen LogP contribution in [-0.4, -0.2) is 7.28 Å². The van der Waals surface area contributed by atoms with E-state index in [1.807, 2.05) is 23.5 Å². The predicted molar refractivity (Wildman–Crippen MR) is 241 cm³/mol. The van der Waals surface area contributed by atoms with Gasteiger partial charge in [0.2, 0.25) is 0 Å². The molecule has 7 aromatic carbocycles. The Kier molecular flexibility index (Phi) is 8.18. The highest BCUT2D eigenvalue weighted by molar-refractivity contribution is 8.00. The molecule has 0 spiro atoms. The number of benzene rings is 7. The molecular formula is C52H45BS2. The van der Waals surface area contributed by atoms with E-state index in [0.717, 1.165) is 13.7 Å². The molecule has 1 atom stereocenters. The molecule has 0 amide bonds. The van der Waals surface area contributed by atoms with E-state index in [2.05, 4.69) is 181 Å². The number of fused-ring (bicyclic) bond motifs is 6. The first-order valence-electron chi connectivity index (χ1n) is 19.7. The van der Waals surface area contributed by atoms with E-state index < -0.39 is 0 Å². The monoisotopic (exact) mass is 744 g/mol. The van der Waals surface area contributed by atoms with Gasteiger partial charge in [-0.15, -0.1) is 0 Å². The molecule has 0 radical (unpaired) electrons. The van der Waals surface area contributed by atoms with Crippen LogP contribution in [0, 0.1) is 0 Å². The second kappa shape index (κ2) is 12.9. The molecule has 0 nitrogen and oxygen atoms in total. The van der Waals surface area contributed by atoms with Crippen LogP contribution in [0.15, 0.2) is 153 Å². The van der Waals surface area contributed by atoms with Crippen LogP contribution in [0.2, 0.25) is 0 Å². The van der Waals surface area contributed by atoms with Gasteiger partial charge in [-0.1, -0.05) is 180 Å². The summed E-state index contributed by atoms with van der Waals surface area (Å²) in [7, 11) is 1.01. The summed E-state index contributed by atoms with van der Waals surface area (Å²) in [5.74, 6) is 0.301. The lowest BCUT2D eigenvalue weighted by Crippen LogP contribution is -2.27. The van der Waals surface area contributed by atoms with Gasteiger partial charge in [-0.3, -0.25) is 0 Å². The van der Waals surface area contributed by atoms with Gasteiger partial charge < -0.3 is 0 Å². The van der Waals surface area contributed by atoms with Crippen molar-refractivity contribution >= 4 is 63.9 Å². The summed E-state index contributed by atoms with van der Waals surface area (Å²) in [4.78, 5) is 5.57. The van der Waals surface area contributed by atoms with Crippen LogP contribution in [0.4, 0.5) is 0 Å². The van der Waals surface area contributed by atoms with E-state index >= 15 is 0 Å². The third-order valence-corrected chi connectivity index (χ3v) is 14.3. The Morgan fingerprint density at radius 3 is 1.76 bits per heavy atom. The van der Waals surface area contributed by atoms with Crippen LogP contribution < -0.4 is 5.46 Å². The number of rotatable bonds is 2. The molecule has 268 valence electrons. The number of allylic oxidation sites excluding steroid dienone is 3. The highest BCUT2D eigenvalue weighted by atomic mass is 32.2. The first-order valence-corrected chi connectivity index (χ1v) is 21.4. The van der Waals surface area contributed by atoms with Crippen molar-refractivity contribution in [2.24, 2.45) is 0 Å². The molecule has 0 N–H and O–H groups in total. The Bertz CT molecular complexity index is 2730. The van der Waals surface area contributed by atoms with Crippen molar-refractivity contribution in [3.05, 3.63) is 167 Å². The molecule has 10 rings (SSSR count). The lowest BCUT2D eigenvalue weighted by molar-refractivity contribution is 0.588. The normalized spacial score (nSPS) is 15.8. The van der Waals surface area contributed by atoms with Crippen LogP contribution in [-0.2, 0) is 17.3 Å². The van der Waals surface area contributed by atoms with Crippen molar-refractivity contribution in [2.75, 3.05) is 0 Å². The van der Waals surface area contributed by atoms with Gasteiger partial charge in [0.25, 0.3) is 0 Å². The topological polar surface area (TPSA) is 0 Å². The molecule has 1 unspecified atom stereocenters. The van der Waals surface area contributed by atoms with Crippen molar-refractivity contribution in [3.63, 3.8) is 0 Å². The number of hydrogen-bond donors (Lipinski definition) is 0. The van der Waals surface area contributed by atoms with Gasteiger partial charge >= 0.3 is 0 Å². The van der Waals surface area contributed by atoms with Gasteiger partial charge in [0.05, 0.1) is 0 Å². The summed E-state index contributed by atoms with van der Waals surface area (Å²) in [6, 6.07) is 44.9. The van der Waals surface area contributed by atoms with Crippen LogP contribution >= 0.6 is 23.5 Å². The Balaban J connectivity index is 1.22. The molecule has 0 bridgehead atoms. The molecule has 2 heterocycles. The second-order valence-corrected chi connectivity index (χ2v) is 19.8. The van der Waals surface area contributed by atoms with E-state index in [0.29, 0.717) is 5.82 Å². The Morgan fingerprint density at radius 2 is 1.13 bits per heavy atom. The summed E-state index contributed by atoms with van der Waals surface area (Å²) < 4.78 is 0. The van der Waals surface area contributed by atoms with Gasteiger partial charge in [-0.2, -0.15) is 0 Å². The lowest BCUT2D eigenvalue weighted by atomic mass is 9.54. The number of hydrogen-bond acceptors (Lipinski definition) is 2. The van der Waals surface area contributed by atoms with Gasteiger partial charge in [0.15, 0.2) is 7.28 Å². The average Bonchev–Trinajstić information content (AvgIpc) is 3.50. The summed E-state index contributed by atoms with van der Waals surface area (Å²) >= 11 is 3.96. The average molecular weight is 745 g/mol. The summed E-state index contributed by atoms with van der Waals surface area (Å²) in [6.45, 7) is 14.0. The van der Waals surface area contributed by atoms with Crippen molar-refractivity contribution in [2.45, 2.75) is 84.2 Å². The Morgan fingerprint density at radius 1 is 0.545 bits per heavy atom.